The van der Waals surface area contributed by atoms with E-state index in [9.17, 15) is 9.90 Å². The van der Waals surface area contributed by atoms with Gasteiger partial charge in [0, 0.05) is 10.9 Å². The fourth-order valence-electron chi connectivity index (χ4n) is 1.89. The molecule has 0 spiro atoms. The third-order valence-corrected chi connectivity index (χ3v) is 3.07. The summed E-state index contributed by atoms with van der Waals surface area (Å²) < 4.78 is 5.62. The first-order chi connectivity index (χ1) is 7.61. The highest BCUT2D eigenvalue weighted by atomic mass is 79.9. The van der Waals surface area contributed by atoms with Crippen molar-refractivity contribution in [2.24, 2.45) is 0 Å². The molecule has 16 heavy (non-hydrogen) atoms. The molecule has 1 amide bonds. The van der Waals surface area contributed by atoms with Crippen molar-refractivity contribution in [3.8, 4) is 0 Å². The maximum atomic E-state index is 11.5. The number of nitrogens with zero attached hydrogens (tertiary/aromatic N) is 1. The van der Waals surface area contributed by atoms with Crippen LogP contribution in [0.5, 0.6) is 0 Å². The highest BCUT2D eigenvalue weighted by Crippen LogP contribution is 2.30. The third-order valence-electron chi connectivity index (χ3n) is 2.58. The Bertz CT molecular complexity index is 422. The number of halogens is 1. The van der Waals surface area contributed by atoms with Crippen LogP contribution in [0, 0.1) is 0 Å². The Morgan fingerprint density at radius 3 is 3.06 bits per heavy atom. The molecule has 0 bridgehead atoms. The Morgan fingerprint density at radius 2 is 2.38 bits per heavy atom. The van der Waals surface area contributed by atoms with Crippen molar-refractivity contribution in [1.29, 1.82) is 0 Å². The number of anilines is 1. The number of hydrogen-bond acceptors (Lipinski definition) is 3. The normalized spacial score (nSPS) is 19.2. The van der Waals surface area contributed by atoms with Gasteiger partial charge in [-0.25, -0.2) is 4.79 Å². The van der Waals surface area contributed by atoms with E-state index in [1.54, 1.807) is 0 Å². The van der Waals surface area contributed by atoms with Crippen LogP contribution in [0.3, 0.4) is 0 Å². The van der Waals surface area contributed by atoms with Gasteiger partial charge in [-0.3, -0.25) is 4.90 Å². The van der Waals surface area contributed by atoms with Crippen molar-refractivity contribution in [2.45, 2.75) is 12.5 Å². The Labute approximate surface area is 102 Å². The van der Waals surface area contributed by atoms with E-state index in [1.165, 1.54) is 12.0 Å². The Kier molecular flexibility index (Phi) is 3.16. The Morgan fingerprint density at radius 1 is 1.62 bits per heavy atom. The average molecular weight is 286 g/mol. The number of benzene rings is 1. The molecule has 0 saturated carbocycles. The zero-order valence-electron chi connectivity index (χ0n) is 8.81. The highest BCUT2D eigenvalue weighted by Gasteiger charge is 2.27. The van der Waals surface area contributed by atoms with Gasteiger partial charge in [-0.05, 0) is 23.8 Å². The molecule has 0 fully saturated rings. The molecule has 1 heterocycles. The SMILES string of the molecule is COC(=O)N1C[C@@H](O)Cc2cc(Br)ccc21. The molecule has 1 aliphatic rings. The predicted octanol–water partition coefficient (Wildman–Crippen LogP) is 1.94. The first-order valence-corrected chi connectivity index (χ1v) is 5.73. The number of ether oxygens (including phenoxy) is 1. The molecule has 0 saturated heterocycles. The van der Waals surface area contributed by atoms with E-state index < -0.39 is 12.2 Å². The largest absolute Gasteiger partial charge is 0.452 e. The lowest BCUT2D eigenvalue weighted by Crippen LogP contribution is -2.42. The van der Waals surface area contributed by atoms with Crippen LogP contribution in [0.15, 0.2) is 22.7 Å². The van der Waals surface area contributed by atoms with Gasteiger partial charge in [-0.1, -0.05) is 15.9 Å². The number of fused-ring (bicyclic) bond motifs is 1. The van der Waals surface area contributed by atoms with E-state index in [0.29, 0.717) is 6.42 Å². The van der Waals surface area contributed by atoms with Gasteiger partial charge in [0.2, 0.25) is 0 Å². The van der Waals surface area contributed by atoms with Gasteiger partial charge in [0.05, 0.1) is 25.4 Å². The maximum Gasteiger partial charge on any atom is 0.414 e. The summed E-state index contributed by atoms with van der Waals surface area (Å²) in [6.07, 6.45) is -0.425. The van der Waals surface area contributed by atoms with Crippen LogP contribution in [0.1, 0.15) is 5.56 Å². The second-order valence-electron chi connectivity index (χ2n) is 3.71. The number of methoxy groups -OCH3 is 1. The van der Waals surface area contributed by atoms with Crippen molar-refractivity contribution in [3.63, 3.8) is 0 Å². The van der Waals surface area contributed by atoms with E-state index in [2.05, 4.69) is 20.7 Å². The van der Waals surface area contributed by atoms with Crippen molar-refractivity contribution in [1.82, 2.24) is 0 Å². The van der Waals surface area contributed by atoms with Crippen LogP contribution in [-0.4, -0.2) is 31.0 Å². The standard InChI is InChI=1S/C11H12BrNO3/c1-16-11(15)13-6-9(14)5-7-4-8(12)2-3-10(7)13/h2-4,9,14H,5-6H2,1H3/t9-/m0/s1. The smallest absolute Gasteiger partial charge is 0.414 e. The lowest BCUT2D eigenvalue weighted by atomic mass is 10.0. The second-order valence-corrected chi connectivity index (χ2v) is 4.63. The molecule has 2 rings (SSSR count). The maximum absolute atomic E-state index is 11.5. The molecule has 0 radical (unpaired) electrons. The fourth-order valence-corrected chi connectivity index (χ4v) is 2.30. The minimum atomic E-state index is -0.541. The molecular weight excluding hydrogens is 274 g/mol. The first-order valence-electron chi connectivity index (χ1n) is 4.94. The number of carbonyl (C=O) groups is 1. The lowest BCUT2D eigenvalue weighted by molar-refractivity contribution is 0.153. The van der Waals surface area contributed by atoms with Crippen molar-refractivity contribution >= 4 is 27.7 Å². The molecule has 1 aromatic rings. The minimum absolute atomic E-state index is 0.279. The first kappa shape index (κ1) is 11.4. The Balaban J connectivity index is 2.41. The summed E-state index contributed by atoms with van der Waals surface area (Å²) in [4.78, 5) is 13.0. The molecule has 86 valence electrons. The number of hydrogen-bond donors (Lipinski definition) is 1. The monoisotopic (exact) mass is 285 g/mol. The molecule has 0 aromatic heterocycles. The molecule has 1 aliphatic heterocycles. The number of amides is 1. The van der Waals surface area contributed by atoms with Crippen LogP contribution in [0.2, 0.25) is 0 Å². The molecule has 1 N–H and O–H groups in total. The average Bonchev–Trinajstić information content (AvgIpc) is 2.26. The Hall–Kier alpha value is -1.07. The molecule has 4 nitrogen and oxygen atoms in total. The van der Waals surface area contributed by atoms with Gasteiger partial charge in [-0.2, -0.15) is 0 Å². The topological polar surface area (TPSA) is 49.8 Å². The van der Waals surface area contributed by atoms with Crippen LogP contribution in [0.25, 0.3) is 0 Å². The minimum Gasteiger partial charge on any atom is -0.452 e. The van der Waals surface area contributed by atoms with Crippen molar-refractivity contribution in [2.75, 3.05) is 18.6 Å². The van der Waals surface area contributed by atoms with E-state index in [4.69, 9.17) is 0 Å². The molecule has 0 unspecified atom stereocenters. The van der Waals surface area contributed by atoms with Crippen LogP contribution < -0.4 is 4.90 Å². The molecule has 1 aromatic carbocycles. The quantitative estimate of drug-likeness (QED) is 0.793. The third kappa shape index (κ3) is 2.05. The highest BCUT2D eigenvalue weighted by molar-refractivity contribution is 9.10. The summed E-state index contributed by atoms with van der Waals surface area (Å²) in [6, 6.07) is 5.63. The summed E-state index contributed by atoms with van der Waals surface area (Å²) in [5.41, 5.74) is 1.75. The second kappa shape index (κ2) is 4.43. The summed E-state index contributed by atoms with van der Waals surface area (Å²) in [6.45, 7) is 0.279. The number of aliphatic hydroxyl groups excluding tert-OH is 1. The summed E-state index contributed by atoms with van der Waals surface area (Å²) in [5.74, 6) is 0. The number of carbonyl (C=O) groups excluding carboxylic acids is 1. The van der Waals surface area contributed by atoms with Crippen LogP contribution in [-0.2, 0) is 11.2 Å². The number of aliphatic hydroxyl groups is 1. The van der Waals surface area contributed by atoms with Crippen LogP contribution in [0.4, 0.5) is 10.5 Å². The van der Waals surface area contributed by atoms with Gasteiger partial charge in [-0.15, -0.1) is 0 Å². The molecule has 1 atom stereocenters. The predicted molar refractivity (Wildman–Crippen MR) is 63.6 cm³/mol. The van der Waals surface area contributed by atoms with Crippen molar-refractivity contribution < 1.29 is 14.6 Å². The fraction of sp³-hybridized carbons (Fsp3) is 0.364. The summed E-state index contributed by atoms with van der Waals surface area (Å²) in [7, 11) is 1.34. The van der Waals surface area contributed by atoms with E-state index in [0.717, 1.165) is 15.7 Å². The van der Waals surface area contributed by atoms with Gasteiger partial charge in [0.25, 0.3) is 0 Å². The molecular formula is C11H12BrNO3. The van der Waals surface area contributed by atoms with Crippen molar-refractivity contribution in [3.05, 3.63) is 28.2 Å². The zero-order valence-corrected chi connectivity index (χ0v) is 10.4. The van der Waals surface area contributed by atoms with E-state index in [1.807, 2.05) is 18.2 Å². The van der Waals surface area contributed by atoms with E-state index >= 15 is 0 Å². The molecule has 5 heteroatoms. The molecule has 0 aliphatic carbocycles. The van der Waals surface area contributed by atoms with E-state index in [-0.39, 0.29) is 6.54 Å². The van der Waals surface area contributed by atoms with Crippen LogP contribution >= 0.6 is 15.9 Å². The van der Waals surface area contributed by atoms with Gasteiger partial charge in [0.1, 0.15) is 0 Å². The van der Waals surface area contributed by atoms with Gasteiger partial charge >= 0.3 is 6.09 Å². The zero-order chi connectivity index (χ0) is 11.7. The summed E-state index contributed by atoms with van der Waals surface area (Å²) >= 11 is 3.37. The summed E-state index contributed by atoms with van der Waals surface area (Å²) in [5, 5.41) is 9.70. The number of β-amino-alcohol motifs (C(OH)–C–C–N with tert-alkyl or cyclic N) is 1. The lowest BCUT2D eigenvalue weighted by Gasteiger charge is -2.31. The van der Waals surface area contributed by atoms with Gasteiger partial charge < -0.3 is 9.84 Å². The van der Waals surface area contributed by atoms with Gasteiger partial charge in [0.15, 0.2) is 0 Å². The number of rotatable bonds is 0.